The molecule has 0 aliphatic carbocycles. The molecule has 1 aromatic rings. The predicted molar refractivity (Wildman–Crippen MR) is 103 cm³/mol. The first-order valence-electron chi connectivity index (χ1n) is 9.36. The third-order valence-corrected chi connectivity index (χ3v) is 3.83. The lowest BCUT2D eigenvalue weighted by Gasteiger charge is -2.21. The molecule has 150 valence electrons. The quantitative estimate of drug-likeness (QED) is 0.455. The lowest BCUT2D eigenvalue weighted by Crippen LogP contribution is -2.46. The summed E-state index contributed by atoms with van der Waals surface area (Å²) in [7, 11) is 0. The summed E-state index contributed by atoms with van der Waals surface area (Å²) in [4.78, 5) is 36.4. The van der Waals surface area contributed by atoms with E-state index in [9.17, 15) is 14.4 Å². The Balaban J connectivity index is 2.60. The molecule has 1 atom stereocenters. The van der Waals surface area contributed by atoms with Gasteiger partial charge in [0.15, 0.2) is 6.61 Å². The van der Waals surface area contributed by atoms with Gasteiger partial charge in [0.2, 0.25) is 0 Å². The van der Waals surface area contributed by atoms with Crippen molar-refractivity contribution in [3.05, 3.63) is 29.8 Å². The molecule has 0 aromatic heterocycles. The van der Waals surface area contributed by atoms with Gasteiger partial charge in [0.1, 0.15) is 11.8 Å². The van der Waals surface area contributed by atoms with E-state index in [1.54, 1.807) is 38.1 Å². The fourth-order valence-electron chi connectivity index (χ4n) is 2.27. The van der Waals surface area contributed by atoms with Gasteiger partial charge in [0.05, 0.1) is 6.61 Å². The maximum Gasteiger partial charge on any atom is 0.329 e. The predicted octanol–water partition coefficient (Wildman–Crippen LogP) is 2.30. The zero-order valence-electron chi connectivity index (χ0n) is 16.5. The molecule has 2 amide bonds. The van der Waals surface area contributed by atoms with Crippen LogP contribution in [0.25, 0.3) is 0 Å². The minimum Gasteiger partial charge on any atom is -0.494 e. The molecule has 0 aliphatic heterocycles. The van der Waals surface area contributed by atoms with Gasteiger partial charge in [-0.3, -0.25) is 9.59 Å². The van der Waals surface area contributed by atoms with E-state index in [0.29, 0.717) is 24.5 Å². The Morgan fingerprint density at radius 1 is 1.07 bits per heavy atom. The molecule has 1 rings (SSSR count). The zero-order chi connectivity index (χ0) is 20.2. The minimum absolute atomic E-state index is 0.188. The molecule has 0 saturated carbocycles. The van der Waals surface area contributed by atoms with E-state index in [2.05, 4.69) is 10.6 Å². The average Bonchev–Trinajstić information content (AvgIpc) is 2.64. The molecule has 0 spiro atoms. The number of hydrogen-bond acceptors (Lipinski definition) is 5. The van der Waals surface area contributed by atoms with Crippen LogP contribution in [0.5, 0.6) is 5.75 Å². The molecule has 0 aliphatic rings. The molecule has 0 saturated heterocycles. The van der Waals surface area contributed by atoms with Gasteiger partial charge in [-0.2, -0.15) is 0 Å². The van der Waals surface area contributed by atoms with Crippen LogP contribution in [0.15, 0.2) is 24.3 Å². The summed E-state index contributed by atoms with van der Waals surface area (Å²) >= 11 is 0. The van der Waals surface area contributed by atoms with Crippen molar-refractivity contribution < 1.29 is 23.9 Å². The number of hydrogen-bond donors (Lipinski definition) is 2. The first-order chi connectivity index (χ1) is 12.9. The third kappa shape index (κ3) is 8.11. The molecule has 0 heterocycles. The highest BCUT2D eigenvalue weighted by atomic mass is 16.5. The van der Waals surface area contributed by atoms with E-state index >= 15 is 0 Å². The molecule has 1 unspecified atom stereocenters. The number of benzene rings is 1. The van der Waals surface area contributed by atoms with Gasteiger partial charge in [0, 0.05) is 12.1 Å². The monoisotopic (exact) mass is 378 g/mol. The summed E-state index contributed by atoms with van der Waals surface area (Å²) in [5, 5.41) is 5.35. The molecule has 1 aromatic carbocycles. The van der Waals surface area contributed by atoms with Crippen molar-refractivity contribution in [1.82, 2.24) is 10.6 Å². The van der Waals surface area contributed by atoms with Crippen molar-refractivity contribution in [3.63, 3.8) is 0 Å². The summed E-state index contributed by atoms with van der Waals surface area (Å²) in [6, 6.07) is 5.81. The Hall–Kier alpha value is -2.57. The molecule has 0 radical (unpaired) electrons. The Morgan fingerprint density at radius 3 is 2.30 bits per heavy atom. The zero-order valence-corrected chi connectivity index (χ0v) is 16.5. The van der Waals surface area contributed by atoms with Crippen LogP contribution in [-0.4, -0.2) is 43.6 Å². The summed E-state index contributed by atoms with van der Waals surface area (Å²) in [5.74, 6) is -0.886. The Bertz CT molecular complexity index is 613. The molecule has 2 N–H and O–H groups in total. The van der Waals surface area contributed by atoms with Gasteiger partial charge < -0.3 is 20.1 Å². The maximum absolute atomic E-state index is 12.4. The summed E-state index contributed by atoms with van der Waals surface area (Å²) in [6.07, 6.45) is 1.83. The highest BCUT2D eigenvalue weighted by molar-refractivity contribution is 5.97. The van der Waals surface area contributed by atoms with Crippen LogP contribution in [0.4, 0.5) is 0 Å². The lowest BCUT2D eigenvalue weighted by molar-refractivity contribution is -0.151. The number of rotatable bonds is 11. The number of carbonyl (C=O) groups excluding carboxylic acids is 3. The van der Waals surface area contributed by atoms with Crippen molar-refractivity contribution in [2.75, 3.05) is 19.8 Å². The van der Waals surface area contributed by atoms with Crippen molar-refractivity contribution in [2.45, 2.75) is 46.6 Å². The highest BCUT2D eigenvalue weighted by Crippen LogP contribution is 2.13. The van der Waals surface area contributed by atoms with E-state index in [1.165, 1.54) is 0 Å². The first-order valence-corrected chi connectivity index (χ1v) is 9.36. The number of nitrogens with one attached hydrogen (secondary N) is 2. The van der Waals surface area contributed by atoms with Gasteiger partial charge in [0.25, 0.3) is 11.8 Å². The standard InChI is InChI=1S/C20H30N2O5/c1-5-7-12-21-17(23)13-27-20(25)18(14(3)4)22-19(24)15-8-10-16(11-9-15)26-6-2/h8-11,14,18H,5-7,12-13H2,1-4H3,(H,21,23)(H,22,24). The van der Waals surface area contributed by atoms with Crippen LogP contribution < -0.4 is 15.4 Å². The SMILES string of the molecule is CCCCNC(=O)COC(=O)C(NC(=O)c1ccc(OCC)cc1)C(C)C. The number of amides is 2. The molecule has 7 heteroatoms. The number of ether oxygens (including phenoxy) is 2. The maximum atomic E-state index is 12.4. The highest BCUT2D eigenvalue weighted by Gasteiger charge is 2.26. The normalized spacial score (nSPS) is 11.6. The van der Waals surface area contributed by atoms with Gasteiger partial charge in [-0.25, -0.2) is 4.79 Å². The first kappa shape index (κ1) is 22.5. The van der Waals surface area contributed by atoms with Crippen molar-refractivity contribution in [3.8, 4) is 5.75 Å². The van der Waals surface area contributed by atoms with E-state index in [0.717, 1.165) is 12.8 Å². The Morgan fingerprint density at radius 2 is 1.74 bits per heavy atom. The van der Waals surface area contributed by atoms with Crippen molar-refractivity contribution in [2.24, 2.45) is 5.92 Å². The van der Waals surface area contributed by atoms with Crippen LogP contribution in [0, 0.1) is 5.92 Å². The second kappa shape index (κ2) is 11.9. The second-order valence-corrected chi connectivity index (χ2v) is 6.46. The second-order valence-electron chi connectivity index (χ2n) is 6.46. The van der Waals surface area contributed by atoms with Crippen LogP contribution in [0.3, 0.4) is 0 Å². The van der Waals surface area contributed by atoms with Gasteiger partial charge in [-0.15, -0.1) is 0 Å². The molecular weight excluding hydrogens is 348 g/mol. The smallest absolute Gasteiger partial charge is 0.329 e. The molecule has 27 heavy (non-hydrogen) atoms. The number of carbonyl (C=O) groups is 3. The fraction of sp³-hybridized carbons (Fsp3) is 0.550. The third-order valence-electron chi connectivity index (χ3n) is 3.83. The van der Waals surface area contributed by atoms with Crippen LogP contribution in [-0.2, 0) is 14.3 Å². The summed E-state index contributed by atoms with van der Waals surface area (Å²) in [5.41, 5.74) is 0.411. The van der Waals surface area contributed by atoms with Crippen molar-refractivity contribution >= 4 is 17.8 Å². The van der Waals surface area contributed by atoms with Crippen LogP contribution >= 0.6 is 0 Å². The summed E-state index contributed by atoms with van der Waals surface area (Å²) < 4.78 is 10.4. The molecule has 7 nitrogen and oxygen atoms in total. The van der Waals surface area contributed by atoms with Gasteiger partial charge >= 0.3 is 5.97 Å². The van der Waals surface area contributed by atoms with Crippen LogP contribution in [0.1, 0.15) is 50.9 Å². The topological polar surface area (TPSA) is 93.7 Å². The minimum atomic E-state index is -0.840. The molecule has 0 bridgehead atoms. The summed E-state index contributed by atoms with van der Waals surface area (Å²) in [6.45, 7) is 8.23. The Kier molecular flexibility index (Phi) is 9.93. The fourth-order valence-corrected chi connectivity index (χ4v) is 2.27. The van der Waals surface area contributed by atoms with Crippen LogP contribution in [0.2, 0.25) is 0 Å². The van der Waals surface area contributed by atoms with Gasteiger partial charge in [-0.1, -0.05) is 27.2 Å². The van der Waals surface area contributed by atoms with Crippen molar-refractivity contribution in [1.29, 1.82) is 0 Å². The number of esters is 1. The largest absolute Gasteiger partial charge is 0.494 e. The molecular formula is C20H30N2O5. The average molecular weight is 378 g/mol. The lowest BCUT2D eigenvalue weighted by atomic mass is 10.0. The van der Waals surface area contributed by atoms with E-state index in [4.69, 9.17) is 9.47 Å². The number of unbranched alkanes of at least 4 members (excludes halogenated alkanes) is 1. The Labute approximate surface area is 160 Å². The van der Waals surface area contributed by atoms with Gasteiger partial charge in [-0.05, 0) is 43.5 Å². The molecule has 0 fully saturated rings. The van der Waals surface area contributed by atoms with E-state index in [-0.39, 0.29) is 24.3 Å². The van der Waals surface area contributed by atoms with E-state index in [1.807, 2.05) is 13.8 Å². The van der Waals surface area contributed by atoms with E-state index < -0.39 is 12.0 Å².